The molecule has 2 N–H and O–H groups in total. The van der Waals surface area contributed by atoms with Crippen molar-refractivity contribution in [1.82, 2.24) is 4.90 Å². The van der Waals surface area contributed by atoms with Gasteiger partial charge in [0.2, 0.25) is 5.91 Å². The zero-order valence-electron chi connectivity index (χ0n) is 13.3. The Balaban J connectivity index is 1.79. The van der Waals surface area contributed by atoms with E-state index in [1.807, 2.05) is 24.3 Å². The number of hydrogen-bond acceptors (Lipinski definition) is 3. The van der Waals surface area contributed by atoms with Crippen LogP contribution in [0.4, 0.5) is 5.69 Å². The van der Waals surface area contributed by atoms with Crippen LogP contribution in [0.1, 0.15) is 29.7 Å². The van der Waals surface area contributed by atoms with Crippen molar-refractivity contribution in [2.45, 2.75) is 25.9 Å². The van der Waals surface area contributed by atoms with Crippen LogP contribution < -0.4 is 5.32 Å². The molecule has 3 rings (SSSR count). The van der Waals surface area contributed by atoms with Crippen molar-refractivity contribution >= 4 is 11.6 Å². The molecule has 1 aliphatic rings. The van der Waals surface area contributed by atoms with Gasteiger partial charge in [-0.15, -0.1) is 0 Å². The minimum Gasteiger partial charge on any atom is -0.394 e. The summed E-state index contributed by atoms with van der Waals surface area (Å²) in [7, 11) is 0. The van der Waals surface area contributed by atoms with Crippen molar-refractivity contribution in [2.75, 3.05) is 18.5 Å². The lowest BCUT2D eigenvalue weighted by atomic mass is 9.92. The minimum atomic E-state index is -0.0673. The first-order valence-electron chi connectivity index (χ1n) is 7.96. The Morgan fingerprint density at radius 2 is 2.09 bits per heavy atom. The molecule has 0 radical (unpaired) electrons. The highest BCUT2D eigenvalue weighted by Crippen LogP contribution is 2.30. The Bertz CT molecular complexity index is 699. The van der Waals surface area contributed by atoms with Crippen LogP contribution in [0, 0.1) is 0 Å². The maximum absolute atomic E-state index is 11.2. The summed E-state index contributed by atoms with van der Waals surface area (Å²) in [6.45, 7) is 3.30. The van der Waals surface area contributed by atoms with Gasteiger partial charge in [0, 0.05) is 25.7 Å². The third-order valence-corrected chi connectivity index (χ3v) is 4.33. The van der Waals surface area contributed by atoms with E-state index in [2.05, 4.69) is 34.5 Å². The largest absolute Gasteiger partial charge is 0.394 e. The van der Waals surface area contributed by atoms with Gasteiger partial charge in [-0.3, -0.25) is 9.69 Å². The van der Waals surface area contributed by atoms with Gasteiger partial charge in [0.1, 0.15) is 0 Å². The molecule has 120 valence electrons. The summed E-state index contributed by atoms with van der Waals surface area (Å²) in [5.74, 6) is -0.0673. The van der Waals surface area contributed by atoms with Crippen molar-refractivity contribution in [1.29, 1.82) is 0 Å². The van der Waals surface area contributed by atoms with Crippen molar-refractivity contribution in [3.8, 4) is 0 Å². The minimum absolute atomic E-state index is 0.0318. The molecule has 1 unspecified atom stereocenters. The van der Waals surface area contributed by atoms with E-state index in [-0.39, 0.29) is 18.6 Å². The molecule has 2 aromatic rings. The van der Waals surface area contributed by atoms with E-state index in [9.17, 15) is 9.90 Å². The summed E-state index contributed by atoms with van der Waals surface area (Å²) >= 11 is 0. The van der Waals surface area contributed by atoms with E-state index in [0.29, 0.717) is 0 Å². The van der Waals surface area contributed by atoms with Crippen LogP contribution >= 0.6 is 0 Å². The summed E-state index contributed by atoms with van der Waals surface area (Å²) < 4.78 is 0. The maximum atomic E-state index is 11.2. The van der Waals surface area contributed by atoms with E-state index in [4.69, 9.17) is 0 Å². The van der Waals surface area contributed by atoms with Gasteiger partial charge in [0.25, 0.3) is 0 Å². The van der Waals surface area contributed by atoms with Gasteiger partial charge in [-0.2, -0.15) is 0 Å². The molecule has 0 bridgehead atoms. The second-order valence-electron chi connectivity index (χ2n) is 6.00. The third-order valence-electron chi connectivity index (χ3n) is 4.33. The van der Waals surface area contributed by atoms with Crippen LogP contribution in [-0.2, 0) is 17.8 Å². The highest BCUT2D eigenvalue weighted by molar-refractivity contribution is 5.88. The summed E-state index contributed by atoms with van der Waals surface area (Å²) in [5, 5.41) is 12.7. The van der Waals surface area contributed by atoms with Crippen molar-refractivity contribution in [3.63, 3.8) is 0 Å². The fraction of sp³-hybridized carbons (Fsp3) is 0.316. The van der Waals surface area contributed by atoms with Crippen LogP contribution in [0.25, 0.3) is 0 Å². The second kappa shape index (κ2) is 6.94. The Morgan fingerprint density at radius 1 is 1.26 bits per heavy atom. The predicted molar refractivity (Wildman–Crippen MR) is 91.1 cm³/mol. The Kier molecular flexibility index (Phi) is 4.74. The number of carbonyl (C=O) groups is 1. The molecule has 0 fully saturated rings. The lowest BCUT2D eigenvalue weighted by Gasteiger charge is -2.36. The van der Waals surface area contributed by atoms with Gasteiger partial charge in [0.05, 0.1) is 12.6 Å². The molecule has 1 aliphatic heterocycles. The average Bonchev–Trinajstić information content (AvgIpc) is 2.54. The van der Waals surface area contributed by atoms with E-state index < -0.39 is 0 Å². The first-order chi connectivity index (χ1) is 11.2. The maximum Gasteiger partial charge on any atom is 0.221 e. The lowest BCUT2D eigenvalue weighted by molar-refractivity contribution is -0.114. The molecule has 0 saturated heterocycles. The molecule has 0 spiro atoms. The fourth-order valence-electron chi connectivity index (χ4n) is 3.29. The zero-order chi connectivity index (χ0) is 16.2. The van der Waals surface area contributed by atoms with Gasteiger partial charge in [-0.1, -0.05) is 36.4 Å². The van der Waals surface area contributed by atoms with Crippen LogP contribution in [0.15, 0.2) is 48.5 Å². The zero-order valence-corrected chi connectivity index (χ0v) is 13.3. The summed E-state index contributed by atoms with van der Waals surface area (Å²) in [6.07, 6.45) is 0.998. The standard InChI is InChI=1S/C19H22N2O2/c1-14(23)20-17-7-4-5-15(11-17)12-21-10-9-16-6-2-3-8-18(16)19(21)13-22/h2-8,11,19,22H,9-10,12-13H2,1H3,(H,20,23). The predicted octanol–water partition coefficient (Wildman–Crippen LogP) is 2.74. The first-order valence-corrected chi connectivity index (χ1v) is 7.96. The van der Waals surface area contributed by atoms with E-state index in [0.717, 1.165) is 30.8 Å². The van der Waals surface area contributed by atoms with Crippen molar-refractivity contribution in [3.05, 3.63) is 65.2 Å². The monoisotopic (exact) mass is 310 g/mol. The molecular formula is C19H22N2O2. The number of aliphatic hydroxyl groups is 1. The van der Waals surface area contributed by atoms with Crippen LogP contribution in [-0.4, -0.2) is 29.1 Å². The molecule has 1 atom stereocenters. The molecule has 1 heterocycles. The number of anilines is 1. The normalized spacial score (nSPS) is 17.6. The smallest absolute Gasteiger partial charge is 0.221 e. The van der Waals surface area contributed by atoms with Crippen LogP contribution in [0.3, 0.4) is 0 Å². The second-order valence-corrected chi connectivity index (χ2v) is 6.00. The number of fused-ring (bicyclic) bond motifs is 1. The number of rotatable bonds is 4. The number of hydrogen-bond donors (Lipinski definition) is 2. The highest BCUT2D eigenvalue weighted by Gasteiger charge is 2.26. The Morgan fingerprint density at radius 3 is 2.87 bits per heavy atom. The number of aliphatic hydroxyl groups excluding tert-OH is 1. The molecule has 0 saturated carbocycles. The van der Waals surface area contributed by atoms with Crippen molar-refractivity contribution in [2.24, 2.45) is 0 Å². The topological polar surface area (TPSA) is 52.6 Å². The third kappa shape index (κ3) is 3.60. The number of nitrogens with zero attached hydrogens (tertiary/aromatic N) is 1. The quantitative estimate of drug-likeness (QED) is 0.913. The van der Waals surface area contributed by atoms with Gasteiger partial charge >= 0.3 is 0 Å². The Labute approximate surface area is 136 Å². The number of amides is 1. The number of carbonyl (C=O) groups excluding carboxylic acids is 1. The lowest BCUT2D eigenvalue weighted by Crippen LogP contribution is -2.36. The molecule has 0 aliphatic carbocycles. The van der Waals surface area contributed by atoms with Gasteiger partial charge < -0.3 is 10.4 Å². The van der Waals surface area contributed by atoms with Gasteiger partial charge in [0.15, 0.2) is 0 Å². The van der Waals surface area contributed by atoms with Gasteiger partial charge in [-0.25, -0.2) is 0 Å². The van der Waals surface area contributed by atoms with Gasteiger partial charge in [-0.05, 0) is 35.2 Å². The molecule has 2 aromatic carbocycles. The summed E-state index contributed by atoms with van der Waals surface area (Å²) in [4.78, 5) is 13.5. The average molecular weight is 310 g/mol. The number of benzene rings is 2. The fourth-order valence-corrected chi connectivity index (χ4v) is 3.29. The molecule has 23 heavy (non-hydrogen) atoms. The molecule has 4 heteroatoms. The SMILES string of the molecule is CC(=O)Nc1cccc(CN2CCc3ccccc3C2CO)c1. The molecule has 1 amide bonds. The van der Waals surface area contributed by atoms with E-state index >= 15 is 0 Å². The highest BCUT2D eigenvalue weighted by atomic mass is 16.3. The van der Waals surface area contributed by atoms with Crippen LogP contribution in [0.5, 0.6) is 0 Å². The molecular weight excluding hydrogens is 288 g/mol. The Hall–Kier alpha value is -2.17. The first kappa shape index (κ1) is 15.7. The summed E-state index contributed by atoms with van der Waals surface area (Å²) in [5.41, 5.74) is 4.50. The molecule has 4 nitrogen and oxygen atoms in total. The van der Waals surface area contributed by atoms with E-state index in [1.165, 1.54) is 18.1 Å². The summed E-state index contributed by atoms with van der Waals surface area (Å²) in [6, 6.07) is 16.3. The number of nitrogens with one attached hydrogen (secondary N) is 1. The van der Waals surface area contributed by atoms with E-state index in [1.54, 1.807) is 0 Å². The van der Waals surface area contributed by atoms with Crippen molar-refractivity contribution < 1.29 is 9.90 Å². The van der Waals surface area contributed by atoms with Crippen LogP contribution in [0.2, 0.25) is 0 Å². The molecule has 0 aromatic heterocycles.